The van der Waals surface area contributed by atoms with Gasteiger partial charge in [0.15, 0.2) is 5.58 Å². The van der Waals surface area contributed by atoms with Crippen LogP contribution in [0.2, 0.25) is 0 Å². The van der Waals surface area contributed by atoms with E-state index in [1.54, 1.807) is 18.2 Å². The van der Waals surface area contributed by atoms with Crippen LogP contribution in [0.15, 0.2) is 22.6 Å². The number of nitrogens with zero attached hydrogens (tertiary/aromatic N) is 1. The van der Waals surface area contributed by atoms with E-state index in [-0.39, 0.29) is 22.6 Å². The number of benzene rings is 1. The summed E-state index contributed by atoms with van der Waals surface area (Å²) in [6, 6.07) is 4.55. The SMILES string of the molecule is CC(C)[C@H](NC(=O)c1ccc2[nH]c(=S)oc2c1)C(=O)N1CCCC1. The van der Waals surface area contributed by atoms with Gasteiger partial charge in [-0.05, 0) is 49.2 Å². The molecule has 0 unspecified atom stereocenters. The number of aromatic nitrogens is 1. The molecular weight excluding hydrogens is 326 g/mol. The third-order valence-corrected chi connectivity index (χ3v) is 4.51. The van der Waals surface area contributed by atoms with E-state index in [0.717, 1.165) is 31.4 Å². The van der Waals surface area contributed by atoms with Crippen molar-refractivity contribution in [2.75, 3.05) is 13.1 Å². The van der Waals surface area contributed by atoms with Crippen LogP contribution >= 0.6 is 12.2 Å². The van der Waals surface area contributed by atoms with Gasteiger partial charge >= 0.3 is 0 Å². The predicted molar refractivity (Wildman–Crippen MR) is 93.3 cm³/mol. The second-order valence-electron chi connectivity index (χ2n) is 6.45. The molecule has 24 heavy (non-hydrogen) atoms. The molecular formula is C17H21N3O3S. The van der Waals surface area contributed by atoms with Crippen LogP contribution in [-0.2, 0) is 4.79 Å². The number of hydrogen-bond donors (Lipinski definition) is 2. The van der Waals surface area contributed by atoms with Gasteiger partial charge in [-0.25, -0.2) is 0 Å². The van der Waals surface area contributed by atoms with Crippen molar-refractivity contribution < 1.29 is 14.0 Å². The van der Waals surface area contributed by atoms with Crippen molar-refractivity contribution >= 4 is 35.1 Å². The van der Waals surface area contributed by atoms with Crippen LogP contribution in [0.25, 0.3) is 11.1 Å². The van der Waals surface area contributed by atoms with Crippen LogP contribution in [0.4, 0.5) is 0 Å². The molecule has 0 spiro atoms. The Morgan fingerprint density at radius 3 is 2.67 bits per heavy atom. The van der Waals surface area contributed by atoms with Gasteiger partial charge in [0.05, 0.1) is 5.52 Å². The van der Waals surface area contributed by atoms with E-state index in [2.05, 4.69) is 10.3 Å². The maximum atomic E-state index is 12.6. The van der Waals surface area contributed by atoms with Crippen molar-refractivity contribution in [3.8, 4) is 0 Å². The van der Waals surface area contributed by atoms with E-state index in [4.69, 9.17) is 16.6 Å². The minimum atomic E-state index is -0.524. The first-order chi connectivity index (χ1) is 11.5. The lowest BCUT2D eigenvalue weighted by Gasteiger charge is -2.26. The summed E-state index contributed by atoms with van der Waals surface area (Å²) in [5.41, 5.74) is 1.71. The van der Waals surface area contributed by atoms with Gasteiger partial charge in [0.2, 0.25) is 5.91 Å². The number of likely N-dealkylation sites (tertiary alicyclic amines) is 1. The fraction of sp³-hybridized carbons (Fsp3) is 0.471. The number of carbonyl (C=O) groups excluding carboxylic acids is 2. The highest BCUT2D eigenvalue weighted by atomic mass is 32.1. The monoisotopic (exact) mass is 347 g/mol. The average molecular weight is 347 g/mol. The summed E-state index contributed by atoms with van der Waals surface area (Å²) >= 11 is 4.95. The molecule has 1 aliphatic heterocycles. The fourth-order valence-electron chi connectivity index (χ4n) is 2.96. The molecule has 1 aromatic carbocycles. The lowest BCUT2D eigenvalue weighted by molar-refractivity contribution is -0.133. The van der Waals surface area contributed by atoms with E-state index in [1.807, 2.05) is 18.7 Å². The molecule has 1 aliphatic rings. The molecule has 128 valence electrons. The molecule has 7 heteroatoms. The van der Waals surface area contributed by atoms with E-state index < -0.39 is 6.04 Å². The Hall–Kier alpha value is -2.15. The van der Waals surface area contributed by atoms with Gasteiger partial charge in [-0.2, -0.15) is 0 Å². The van der Waals surface area contributed by atoms with Crippen LogP contribution in [0.5, 0.6) is 0 Å². The minimum absolute atomic E-state index is 0.00361. The summed E-state index contributed by atoms with van der Waals surface area (Å²) in [6.07, 6.45) is 2.05. The Balaban J connectivity index is 1.78. The fourth-order valence-corrected chi connectivity index (χ4v) is 3.16. The molecule has 3 rings (SSSR count). The average Bonchev–Trinajstić information content (AvgIpc) is 3.18. The highest BCUT2D eigenvalue weighted by molar-refractivity contribution is 7.71. The Labute approximate surface area is 145 Å². The molecule has 1 atom stereocenters. The molecule has 0 bridgehead atoms. The quantitative estimate of drug-likeness (QED) is 0.834. The molecule has 6 nitrogen and oxygen atoms in total. The van der Waals surface area contributed by atoms with Crippen LogP contribution in [0.3, 0.4) is 0 Å². The van der Waals surface area contributed by atoms with Crippen LogP contribution in [0.1, 0.15) is 37.0 Å². The van der Waals surface area contributed by atoms with Crippen molar-refractivity contribution in [2.45, 2.75) is 32.7 Å². The molecule has 2 heterocycles. The van der Waals surface area contributed by atoms with Gasteiger partial charge in [0.25, 0.3) is 10.7 Å². The molecule has 2 N–H and O–H groups in total. The molecule has 1 aromatic heterocycles. The van der Waals surface area contributed by atoms with Crippen molar-refractivity contribution in [3.63, 3.8) is 0 Å². The van der Waals surface area contributed by atoms with E-state index in [1.165, 1.54) is 0 Å². The molecule has 1 fully saturated rings. The van der Waals surface area contributed by atoms with Gasteiger partial charge < -0.3 is 19.6 Å². The summed E-state index contributed by atoms with van der Waals surface area (Å²) in [4.78, 5) is 30.2. The van der Waals surface area contributed by atoms with Crippen LogP contribution in [0, 0.1) is 10.8 Å². The second-order valence-corrected chi connectivity index (χ2v) is 6.82. The highest BCUT2D eigenvalue weighted by Crippen LogP contribution is 2.17. The maximum Gasteiger partial charge on any atom is 0.266 e. The van der Waals surface area contributed by atoms with Gasteiger partial charge in [-0.1, -0.05) is 13.8 Å². The maximum absolute atomic E-state index is 12.6. The number of hydrogen-bond acceptors (Lipinski definition) is 4. The smallest absolute Gasteiger partial charge is 0.266 e. The third kappa shape index (κ3) is 3.36. The standard InChI is InChI=1S/C17H21N3O3S/c1-10(2)14(16(22)20-7-3-4-8-20)19-15(21)11-5-6-12-13(9-11)23-17(24)18-12/h5-6,9-10,14H,3-4,7-8H2,1-2H3,(H,18,24)(H,19,21)/t14-/m0/s1. The lowest BCUT2D eigenvalue weighted by atomic mass is 10.0. The van der Waals surface area contributed by atoms with E-state index >= 15 is 0 Å². The third-order valence-electron chi connectivity index (χ3n) is 4.32. The van der Waals surface area contributed by atoms with Crippen LogP contribution < -0.4 is 5.32 Å². The van der Waals surface area contributed by atoms with E-state index in [9.17, 15) is 9.59 Å². The summed E-state index contributed by atoms with van der Waals surface area (Å²) in [7, 11) is 0. The summed E-state index contributed by atoms with van der Waals surface area (Å²) in [6.45, 7) is 5.42. The summed E-state index contributed by atoms with van der Waals surface area (Å²) < 4.78 is 5.34. The van der Waals surface area contributed by atoms with E-state index in [0.29, 0.717) is 11.1 Å². The van der Waals surface area contributed by atoms with Gasteiger partial charge in [0.1, 0.15) is 6.04 Å². The molecule has 0 saturated carbocycles. The molecule has 1 saturated heterocycles. The highest BCUT2D eigenvalue weighted by Gasteiger charge is 2.30. The predicted octanol–water partition coefficient (Wildman–Crippen LogP) is 2.87. The topological polar surface area (TPSA) is 78.3 Å². The van der Waals surface area contributed by atoms with Crippen LogP contribution in [-0.4, -0.2) is 40.8 Å². The number of carbonyl (C=O) groups is 2. The number of nitrogens with one attached hydrogen (secondary N) is 2. The largest absolute Gasteiger partial charge is 0.429 e. The lowest BCUT2D eigenvalue weighted by Crippen LogP contribution is -2.50. The minimum Gasteiger partial charge on any atom is -0.429 e. The molecule has 0 radical (unpaired) electrons. The summed E-state index contributed by atoms with van der Waals surface area (Å²) in [5, 5.41) is 2.87. The summed E-state index contributed by atoms with van der Waals surface area (Å²) in [5.74, 6) is -0.274. The zero-order chi connectivity index (χ0) is 17.3. The first-order valence-electron chi connectivity index (χ1n) is 8.18. The normalized spacial score (nSPS) is 15.9. The zero-order valence-electron chi connectivity index (χ0n) is 13.8. The number of rotatable bonds is 4. The van der Waals surface area contributed by atoms with Crippen molar-refractivity contribution in [1.82, 2.24) is 15.2 Å². The number of aromatic amines is 1. The Morgan fingerprint density at radius 2 is 2.00 bits per heavy atom. The number of amides is 2. The van der Waals surface area contributed by atoms with Crippen molar-refractivity contribution in [1.29, 1.82) is 0 Å². The molecule has 2 aromatic rings. The number of H-pyrrole nitrogens is 1. The Kier molecular flexibility index (Phi) is 4.71. The van der Waals surface area contributed by atoms with Crippen molar-refractivity contribution in [2.24, 2.45) is 5.92 Å². The molecule has 2 amide bonds. The first kappa shape index (κ1) is 16.7. The van der Waals surface area contributed by atoms with Gasteiger partial charge in [0, 0.05) is 18.7 Å². The molecule has 0 aliphatic carbocycles. The first-order valence-corrected chi connectivity index (χ1v) is 8.59. The zero-order valence-corrected chi connectivity index (χ0v) is 14.6. The van der Waals surface area contributed by atoms with Gasteiger partial charge in [-0.3, -0.25) is 9.59 Å². The Bertz CT molecular complexity index is 818. The van der Waals surface area contributed by atoms with Crippen molar-refractivity contribution in [3.05, 3.63) is 28.6 Å². The number of oxazole rings is 1. The number of fused-ring (bicyclic) bond motifs is 1. The Morgan fingerprint density at radius 1 is 1.29 bits per heavy atom. The second kappa shape index (κ2) is 6.76. The van der Waals surface area contributed by atoms with Gasteiger partial charge in [-0.15, -0.1) is 0 Å².